The highest BCUT2D eigenvalue weighted by Crippen LogP contribution is 2.36. The number of aliphatic hydroxyl groups is 1. The summed E-state index contributed by atoms with van der Waals surface area (Å²) >= 11 is 0. The minimum atomic E-state index is -4.36. The number of benzene rings is 3. The molecule has 3 aromatic carbocycles. The van der Waals surface area contributed by atoms with E-state index in [2.05, 4.69) is 13.5 Å². The predicted molar refractivity (Wildman–Crippen MR) is 133 cm³/mol. The van der Waals surface area contributed by atoms with Crippen molar-refractivity contribution < 1.29 is 27.8 Å². The molecule has 1 atom stereocenters. The van der Waals surface area contributed by atoms with Crippen LogP contribution in [0, 0.1) is 13.8 Å². The van der Waals surface area contributed by atoms with E-state index in [4.69, 9.17) is 9.47 Å². The lowest BCUT2D eigenvalue weighted by Gasteiger charge is -2.23. The van der Waals surface area contributed by atoms with Crippen LogP contribution in [-0.4, -0.2) is 11.7 Å². The molecule has 0 bridgehead atoms. The number of hydrogen-bond donors (Lipinski definition) is 1. The average molecular weight is 485 g/mol. The molecule has 186 valence electrons. The largest absolute Gasteiger partial charge is 0.509 e. The van der Waals surface area contributed by atoms with Crippen molar-refractivity contribution in [3.8, 4) is 22.6 Å². The first-order chi connectivity index (χ1) is 16.6. The molecule has 1 unspecified atom stereocenters. The van der Waals surface area contributed by atoms with Crippen LogP contribution < -0.4 is 9.47 Å². The molecule has 0 aliphatic carbocycles. The van der Waals surface area contributed by atoms with Gasteiger partial charge >= 0.3 is 6.18 Å². The van der Waals surface area contributed by atoms with Crippen molar-refractivity contribution >= 4 is 0 Å². The molecule has 0 spiro atoms. The summed E-state index contributed by atoms with van der Waals surface area (Å²) < 4.78 is 50.9. The van der Waals surface area contributed by atoms with Crippen molar-refractivity contribution in [3.63, 3.8) is 0 Å². The third-order valence-electron chi connectivity index (χ3n) is 5.88. The molecule has 0 fully saturated rings. The van der Waals surface area contributed by atoms with E-state index in [0.717, 1.165) is 59.2 Å². The lowest BCUT2D eigenvalue weighted by Crippen LogP contribution is -2.10. The number of hydrogen-bond acceptors (Lipinski definition) is 3. The quantitative estimate of drug-likeness (QED) is 0.292. The molecule has 0 amide bonds. The van der Waals surface area contributed by atoms with Gasteiger partial charge in [-0.05, 0) is 84.8 Å². The molecular formula is C29H31F3O3. The molecule has 0 aliphatic rings. The van der Waals surface area contributed by atoms with E-state index in [0.29, 0.717) is 11.5 Å². The highest BCUT2D eigenvalue weighted by atomic mass is 19.4. The van der Waals surface area contributed by atoms with E-state index in [-0.39, 0.29) is 18.5 Å². The Morgan fingerprint density at radius 1 is 1.03 bits per heavy atom. The summed E-state index contributed by atoms with van der Waals surface area (Å²) in [6.45, 7) is 9.45. The molecule has 0 aromatic heterocycles. The zero-order chi connectivity index (χ0) is 25.6. The smallest absolute Gasteiger partial charge is 0.416 e. The Balaban J connectivity index is 1.89. The van der Waals surface area contributed by atoms with Crippen molar-refractivity contribution in [2.45, 2.75) is 52.3 Å². The van der Waals surface area contributed by atoms with Gasteiger partial charge in [-0.1, -0.05) is 50.3 Å². The monoisotopic (exact) mass is 484 g/mol. The minimum Gasteiger partial charge on any atom is -0.509 e. The molecule has 6 heteroatoms. The molecule has 1 N–H and O–H groups in total. The number of aliphatic hydroxyl groups excluding tert-OH is 1. The van der Waals surface area contributed by atoms with Crippen LogP contribution in [0.2, 0.25) is 0 Å². The van der Waals surface area contributed by atoms with Gasteiger partial charge < -0.3 is 14.6 Å². The maximum Gasteiger partial charge on any atom is 0.416 e. The van der Waals surface area contributed by atoms with E-state index >= 15 is 0 Å². The van der Waals surface area contributed by atoms with Crippen molar-refractivity contribution in [1.29, 1.82) is 0 Å². The second-order valence-corrected chi connectivity index (χ2v) is 8.63. The topological polar surface area (TPSA) is 38.7 Å². The molecule has 0 heterocycles. The Hall–Kier alpha value is -3.41. The Morgan fingerprint density at radius 2 is 1.74 bits per heavy atom. The van der Waals surface area contributed by atoms with Crippen molar-refractivity contribution in [2.24, 2.45) is 0 Å². The number of halogens is 3. The van der Waals surface area contributed by atoms with Gasteiger partial charge in [0.15, 0.2) is 0 Å². The second kappa shape index (κ2) is 11.3. The fraction of sp³-hybridized carbons (Fsp3) is 0.310. The van der Waals surface area contributed by atoms with Gasteiger partial charge in [-0.25, -0.2) is 0 Å². The number of aryl methyl sites for hydroxylation is 1. The third-order valence-corrected chi connectivity index (χ3v) is 5.88. The highest BCUT2D eigenvalue weighted by molar-refractivity contribution is 5.69. The number of ether oxygens (including phenoxy) is 2. The molecule has 0 saturated heterocycles. The first-order valence-electron chi connectivity index (χ1n) is 11.6. The Bertz CT molecular complexity index is 1150. The summed E-state index contributed by atoms with van der Waals surface area (Å²) in [5.74, 6) is 1.28. The van der Waals surface area contributed by atoms with Crippen LogP contribution in [0.4, 0.5) is 13.2 Å². The van der Waals surface area contributed by atoms with E-state index < -0.39 is 11.7 Å². The molecule has 35 heavy (non-hydrogen) atoms. The standard InChI is InChI=1S/C29H31F3O3/c1-5-6-10-28(35-24-15-16-27(19(2)17-24)34-18-20(3)33)26-9-7-8-25(21(26)4)22-11-13-23(14-12-22)29(30,31)32/h7-9,11-17,28,33H,3,5-6,10,18H2,1-2,4H3. The number of rotatable bonds is 10. The Labute approximate surface area is 204 Å². The lowest BCUT2D eigenvalue weighted by atomic mass is 9.91. The molecular weight excluding hydrogens is 453 g/mol. The van der Waals surface area contributed by atoms with Gasteiger partial charge in [0.25, 0.3) is 0 Å². The molecule has 0 radical (unpaired) electrons. The van der Waals surface area contributed by atoms with Gasteiger partial charge in [0.05, 0.1) is 5.56 Å². The summed E-state index contributed by atoms with van der Waals surface area (Å²) in [7, 11) is 0. The van der Waals surface area contributed by atoms with Crippen LogP contribution in [0.3, 0.4) is 0 Å². The summed E-state index contributed by atoms with van der Waals surface area (Å²) in [6, 6.07) is 16.6. The summed E-state index contributed by atoms with van der Waals surface area (Å²) in [5.41, 5.74) is 3.80. The van der Waals surface area contributed by atoms with E-state index in [9.17, 15) is 18.3 Å². The Morgan fingerprint density at radius 3 is 2.34 bits per heavy atom. The fourth-order valence-corrected chi connectivity index (χ4v) is 4.00. The Kier molecular flexibility index (Phi) is 8.49. The van der Waals surface area contributed by atoms with Crippen molar-refractivity contribution in [1.82, 2.24) is 0 Å². The van der Waals surface area contributed by atoms with Crippen molar-refractivity contribution in [3.05, 3.63) is 95.3 Å². The maximum absolute atomic E-state index is 13.0. The summed E-state index contributed by atoms with van der Waals surface area (Å²) in [4.78, 5) is 0. The van der Waals surface area contributed by atoms with Gasteiger partial charge in [0.2, 0.25) is 0 Å². The lowest BCUT2D eigenvalue weighted by molar-refractivity contribution is -0.137. The number of unbranched alkanes of at least 4 members (excludes halogenated alkanes) is 1. The molecule has 0 saturated carbocycles. The van der Waals surface area contributed by atoms with Crippen molar-refractivity contribution in [2.75, 3.05) is 6.61 Å². The van der Waals surface area contributed by atoms with Crippen LogP contribution in [0.15, 0.2) is 73.0 Å². The highest BCUT2D eigenvalue weighted by Gasteiger charge is 2.30. The van der Waals surface area contributed by atoms with Gasteiger partial charge in [0, 0.05) is 0 Å². The zero-order valence-electron chi connectivity index (χ0n) is 20.3. The average Bonchev–Trinajstić information content (AvgIpc) is 2.81. The van der Waals surface area contributed by atoms with Crippen LogP contribution in [-0.2, 0) is 6.18 Å². The van der Waals surface area contributed by atoms with Gasteiger partial charge in [0.1, 0.15) is 30.0 Å². The predicted octanol–water partition coefficient (Wildman–Crippen LogP) is 8.75. The molecule has 0 aliphatic heterocycles. The summed E-state index contributed by atoms with van der Waals surface area (Å²) in [5, 5.41) is 9.27. The van der Waals surface area contributed by atoms with Gasteiger partial charge in [-0.2, -0.15) is 13.2 Å². The van der Waals surface area contributed by atoms with Gasteiger partial charge in [-0.15, -0.1) is 0 Å². The first-order valence-corrected chi connectivity index (χ1v) is 11.6. The second-order valence-electron chi connectivity index (χ2n) is 8.63. The van der Waals surface area contributed by atoms with E-state index in [1.807, 2.05) is 44.2 Å². The third kappa shape index (κ3) is 6.81. The van der Waals surface area contributed by atoms with Crippen LogP contribution in [0.25, 0.3) is 11.1 Å². The summed E-state index contributed by atoms with van der Waals surface area (Å²) in [6.07, 6.45) is -1.80. The van der Waals surface area contributed by atoms with Gasteiger partial charge in [-0.3, -0.25) is 0 Å². The maximum atomic E-state index is 13.0. The van der Waals surface area contributed by atoms with Crippen LogP contribution in [0.1, 0.15) is 54.5 Å². The SMILES string of the molecule is C=C(O)COc1ccc(OC(CCCC)c2cccc(-c3ccc(C(F)(F)F)cc3)c2C)cc1C. The number of alkyl halides is 3. The fourth-order valence-electron chi connectivity index (χ4n) is 4.00. The molecule has 3 aromatic rings. The van der Waals surface area contributed by atoms with Crippen LogP contribution in [0.5, 0.6) is 11.5 Å². The molecule has 3 rings (SSSR count). The van der Waals surface area contributed by atoms with E-state index in [1.165, 1.54) is 12.1 Å². The van der Waals surface area contributed by atoms with E-state index in [1.54, 1.807) is 6.07 Å². The molecule has 3 nitrogen and oxygen atoms in total. The normalized spacial score (nSPS) is 12.3. The van der Waals surface area contributed by atoms with Crippen LogP contribution >= 0.6 is 0 Å². The zero-order valence-corrected chi connectivity index (χ0v) is 20.3. The first kappa shape index (κ1) is 26.2. The minimum absolute atomic E-state index is 0.0239.